The SMILES string of the molecule is Cc1nc(Cc2noc(-c3cccc(C#N)c3)n2)no1. The molecule has 0 bridgehead atoms. The molecule has 3 aromatic rings. The van der Waals surface area contributed by atoms with Crippen LogP contribution in [0.5, 0.6) is 0 Å². The van der Waals surface area contributed by atoms with Crippen molar-refractivity contribution in [1.82, 2.24) is 20.3 Å². The Morgan fingerprint density at radius 3 is 2.70 bits per heavy atom. The number of aromatic nitrogens is 4. The normalized spacial score (nSPS) is 10.4. The molecule has 0 amide bonds. The lowest BCUT2D eigenvalue weighted by Gasteiger charge is -1.93. The van der Waals surface area contributed by atoms with Crippen molar-refractivity contribution in [2.75, 3.05) is 0 Å². The van der Waals surface area contributed by atoms with Gasteiger partial charge in [-0.1, -0.05) is 16.4 Å². The maximum Gasteiger partial charge on any atom is 0.257 e. The lowest BCUT2D eigenvalue weighted by atomic mass is 10.1. The van der Waals surface area contributed by atoms with E-state index in [4.69, 9.17) is 14.3 Å². The van der Waals surface area contributed by atoms with Crippen LogP contribution in [0.25, 0.3) is 11.5 Å². The van der Waals surface area contributed by atoms with Gasteiger partial charge in [0.2, 0.25) is 5.89 Å². The zero-order chi connectivity index (χ0) is 13.9. The summed E-state index contributed by atoms with van der Waals surface area (Å²) in [5, 5.41) is 16.5. The molecule has 98 valence electrons. The standard InChI is InChI=1S/C13H9N5O2/c1-8-15-11(17-19-8)6-12-16-13(20-18-12)10-4-2-3-9(5-10)7-14/h2-5H,6H2,1H3. The first kappa shape index (κ1) is 12.0. The fourth-order valence-electron chi connectivity index (χ4n) is 1.72. The zero-order valence-electron chi connectivity index (χ0n) is 10.6. The van der Waals surface area contributed by atoms with E-state index in [1.54, 1.807) is 31.2 Å². The van der Waals surface area contributed by atoms with Crippen molar-refractivity contribution < 1.29 is 9.05 Å². The Hall–Kier alpha value is -3.01. The smallest absolute Gasteiger partial charge is 0.257 e. The highest BCUT2D eigenvalue weighted by molar-refractivity contribution is 5.55. The van der Waals surface area contributed by atoms with E-state index in [9.17, 15) is 0 Å². The molecular formula is C13H9N5O2. The largest absolute Gasteiger partial charge is 0.340 e. The van der Waals surface area contributed by atoms with Crippen molar-refractivity contribution in [2.45, 2.75) is 13.3 Å². The summed E-state index contributed by atoms with van der Waals surface area (Å²) in [6.45, 7) is 1.71. The molecule has 0 spiro atoms. The third kappa shape index (κ3) is 2.40. The van der Waals surface area contributed by atoms with Crippen molar-refractivity contribution in [2.24, 2.45) is 0 Å². The molecule has 7 nitrogen and oxygen atoms in total. The Kier molecular flexibility index (Phi) is 2.97. The quantitative estimate of drug-likeness (QED) is 0.713. The molecular weight excluding hydrogens is 258 g/mol. The average molecular weight is 267 g/mol. The first-order valence-electron chi connectivity index (χ1n) is 5.87. The van der Waals surface area contributed by atoms with Gasteiger partial charge in [-0.3, -0.25) is 0 Å². The van der Waals surface area contributed by atoms with Crippen molar-refractivity contribution in [3.05, 3.63) is 47.4 Å². The molecule has 0 atom stereocenters. The Labute approximate surface area is 113 Å². The summed E-state index contributed by atoms with van der Waals surface area (Å²) in [5.41, 5.74) is 1.24. The van der Waals surface area contributed by atoms with Crippen LogP contribution in [0.3, 0.4) is 0 Å². The fraction of sp³-hybridized carbons (Fsp3) is 0.154. The molecule has 2 aromatic heterocycles. The molecule has 7 heteroatoms. The lowest BCUT2D eigenvalue weighted by molar-refractivity contribution is 0.387. The van der Waals surface area contributed by atoms with Crippen molar-refractivity contribution in [3.63, 3.8) is 0 Å². The molecule has 20 heavy (non-hydrogen) atoms. The van der Waals surface area contributed by atoms with Crippen LogP contribution in [-0.4, -0.2) is 20.3 Å². The van der Waals surface area contributed by atoms with Crippen LogP contribution in [-0.2, 0) is 6.42 Å². The van der Waals surface area contributed by atoms with E-state index in [0.717, 1.165) is 0 Å². The van der Waals surface area contributed by atoms with Crippen LogP contribution in [0, 0.1) is 18.3 Å². The van der Waals surface area contributed by atoms with Crippen LogP contribution in [0.2, 0.25) is 0 Å². The molecule has 0 aliphatic rings. The maximum atomic E-state index is 8.87. The van der Waals surface area contributed by atoms with Crippen LogP contribution in [0.1, 0.15) is 23.1 Å². The van der Waals surface area contributed by atoms with E-state index in [-0.39, 0.29) is 0 Å². The highest BCUT2D eigenvalue weighted by Gasteiger charge is 2.12. The first-order chi connectivity index (χ1) is 9.74. The van der Waals surface area contributed by atoms with Gasteiger partial charge >= 0.3 is 0 Å². The molecule has 0 fully saturated rings. The van der Waals surface area contributed by atoms with Crippen LogP contribution in [0.15, 0.2) is 33.3 Å². The minimum atomic E-state index is 0.332. The molecule has 1 aromatic carbocycles. The third-order valence-electron chi connectivity index (χ3n) is 2.59. The summed E-state index contributed by atoms with van der Waals surface area (Å²) in [5.74, 6) is 1.81. The maximum absolute atomic E-state index is 8.87. The van der Waals surface area contributed by atoms with E-state index in [2.05, 4.69) is 26.4 Å². The minimum absolute atomic E-state index is 0.332. The van der Waals surface area contributed by atoms with Gasteiger partial charge in [-0.15, -0.1) is 0 Å². The molecule has 0 saturated carbocycles. The number of nitrogens with zero attached hydrogens (tertiary/aromatic N) is 5. The van der Waals surface area contributed by atoms with E-state index in [0.29, 0.717) is 41.0 Å². The van der Waals surface area contributed by atoms with Gasteiger partial charge in [0.05, 0.1) is 18.1 Å². The second kappa shape index (κ2) is 4.93. The van der Waals surface area contributed by atoms with E-state index in [1.165, 1.54) is 0 Å². The van der Waals surface area contributed by atoms with E-state index in [1.807, 2.05) is 0 Å². The number of hydrogen-bond acceptors (Lipinski definition) is 7. The topological polar surface area (TPSA) is 102 Å². The highest BCUT2D eigenvalue weighted by atomic mass is 16.5. The number of hydrogen-bond donors (Lipinski definition) is 0. The van der Waals surface area contributed by atoms with Gasteiger partial charge in [0.25, 0.3) is 5.89 Å². The second-order valence-electron chi connectivity index (χ2n) is 4.11. The number of nitriles is 1. The predicted molar refractivity (Wildman–Crippen MR) is 66.3 cm³/mol. The number of aryl methyl sites for hydroxylation is 1. The molecule has 3 rings (SSSR count). The zero-order valence-corrected chi connectivity index (χ0v) is 10.6. The van der Waals surface area contributed by atoms with Gasteiger partial charge < -0.3 is 9.05 Å². The van der Waals surface area contributed by atoms with Gasteiger partial charge in [-0.25, -0.2) is 0 Å². The van der Waals surface area contributed by atoms with E-state index >= 15 is 0 Å². The van der Waals surface area contributed by atoms with Crippen LogP contribution >= 0.6 is 0 Å². The van der Waals surface area contributed by atoms with E-state index < -0.39 is 0 Å². The fourth-order valence-corrected chi connectivity index (χ4v) is 1.72. The van der Waals surface area contributed by atoms with Crippen molar-refractivity contribution in [1.29, 1.82) is 5.26 Å². The summed E-state index contributed by atoms with van der Waals surface area (Å²) in [7, 11) is 0. The minimum Gasteiger partial charge on any atom is -0.340 e. The monoisotopic (exact) mass is 267 g/mol. The molecule has 0 saturated heterocycles. The molecule has 0 N–H and O–H groups in total. The molecule has 0 aliphatic carbocycles. The summed E-state index contributed by atoms with van der Waals surface area (Å²) in [6.07, 6.45) is 0.332. The average Bonchev–Trinajstić information content (AvgIpc) is 3.09. The summed E-state index contributed by atoms with van der Waals surface area (Å²) < 4.78 is 10.0. The van der Waals surface area contributed by atoms with Gasteiger partial charge in [0.1, 0.15) is 0 Å². The number of benzene rings is 1. The molecule has 0 unspecified atom stereocenters. The van der Waals surface area contributed by atoms with Crippen LogP contribution < -0.4 is 0 Å². The Bertz CT molecular complexity index is 784. The van der Waals surface area contributed by atoms with Gasteiger partial charge in [-0.2, -0.15) is 15.2 Å². The van der Waals surface area contributed by atoms with Gasteiger partial charge in [0.15, 0.2) is 11.6 Å². The molecule has 0 radical (unpaired) electrons. The first-order valence-corrected chi connectivity index (χ1v) is 5.87. The summed E-state index contributed by atoms with van der Waals surface area (Å²) in [4.78, 5) is 8.32. The van der Waals surface area contributed by atoms with Crippen molar-refractivity contribution in [3.8, 4) is 17.5 Å². The summed E-state index contributed by atoms with van der Waals surface area (Å²) in [6, 6.07) is 9.03. The summed E-state index contributed by atoms with van der Waals surface area (Å²) >= 11 is 0. The Balaban J connectivity index is 1.84. The van der Waals surface area contributed by atoms with Gasteiger partial charge in [0, 0.05) is 12.5 Å². The predicted octanol–water partition coefficient (Wildman–Crippen LogP) is 1.89. The third-order valence-corrected chi connectivity index (χ3v) is 2.59. The lowest BCUT2D eigenvalue weighted by Crippen LogP contribution is -1.93. The molecule has 2 heterocycles. The Morgan fingerprint density at radius 1 is 1.15 bits per heavy atom. The van der Waals surface area contributed by atoms with Crippen molar-refractivity contribution >= 4 is 0 Å². The Morgan fingerprint density at radius 2 is 1.95 bits per heavy atom. The number of rotatable bonds is 3. The molecule has 0 aliphatic heterocycles. The van der Waals surface area contributed by atoms with Crippen LogP contribution in [0.4, 0.5) is 0 Å². The van der Waals surface area contributed by atoms with Gasteiger partial charge in [-0.05, 0) is 18.2 Å². The highest BCUT2D eigenvalue weighted by Crippen LogP contribution is 2.18. The second-order valence-corrected chi connectivity index (χ2v) is 4.11.